The molecule has 2 aromatic rings. The van der Waals surface area contributed by atoms with Crippen LogP contribution in [-0.2, 0) is 16.1 Å². The second-order valence-corrected chi connectivity index (χ2v) is 8.97. The maximum Gasteiger partial charge on any atom is 0.348 e. The van der Waals surface area contributed by atoms with Crippen LogP contribution in [0.3, 0.4) is 0 Å². The van der Waals surface area contributed by atoms with Gasteiger partial charge in [0.2, 0.25) is 5.91 Å². The van der Waals surface area contributed by atoms with Crippen molar-refractivity contribution in [2.24, 2.45) is 11.8 Å². The zero-order chi connectivity index (χ0) is 20.4. The van der Waals surface area contributed by atoms with E-state index in [1.54, 1.807) is 6.92 Å². The van der Waals surface area contributed by atoms with E-state index in [1.165, 1.54) is 10.9 Å². The molecule has 0 aliphatic carbocycles. The standard InChI is InChI=1S/C20H27N3O4S/c1-12(2)10-27-20(26)17-14(4)16-18(28-17)21-11-23(19(16)25)9-15(24)22-7-5-13(3)6-8-22/h11-13H,5-10H2,1-4H3. The first-order valence-corrected chi connectivity index (χ1v) is 10.5. The number of esters is 1. The van der Waals surface area contributed by atoms with Crippen molar-refractivity contribution in [1.82, 2.24) is 14.5 Å². The number of piperidine rings is 1. The van der Waals surface area contributed by atoms with Gasteiger partial charge in [-0.2, -0.15) is 0 Å². The van der Waals surface area contributed by atoms with E-state index in [0.717, 1.165) is 37.3 Å². The van der Waals surface area contributed by atoms with Crippen LogP contribution >= 0.6 is 11.3 Å². The van der Waals surface area contributed by atoms with Gasteiger partial charge in [-0.25, -0.2) is 9.78 Å². The second-order valence-electron chi connectivity index (χ2n) is 7.97. The molecule has 2 aromatic heterocycles. The summed E-state index contributed by atoms with van der Waals surface area (Å²) in [5.74, 6) is 0.364. The highest BCUT2D eigenvalue weighted by atomic mass is 32.1. The molecule has 3 rings (SSSR count). The lowest BCUT2D eigenvalue weighted by molar-refractivity contribution is -0.133. The molecule has 1 fully saturated rings. The fourth-order valence-electron chi connectivity index (χ4n) is 3.28. The molecule has 0 saturated carbocycles. The van der Waals surface area contributed by atoms with E-state index < -0.39 is 5.97 Å². The molecule has 8 heteroatoms. The number of rotatable bonds is 5. The topological polar surface area (TPSA) is 81.5 Å². The molecule has 28 heavy (non-hydrogen) atoms. The Hall–Kier alpha value is -2.22. The van der Waals surface area contributed by atoms with Gasteiger partial charge in [-0.1, -0.05) is 20.8 Å². The number of fused-ring (bicyclic) bond motifs is 1. The van der Waals surface area contributed by atoms with Crippen LogP contribution in [0.1, 0.15) is 48.8 Å². The van der Waals surface area contributed by atoms with Crippen molar-refractivity contribution in [3.8, 4) is 0 Å². The molecule has 7 nitrogen and oxygen atoms in total. The summed E-state index contributed by atoms with van der Waals surface area (Å²) in [5, 5.41) is 0.393. The summed E-state index contributed by atoms with van der Waals surface area (Å²) >= 11 is 1.16. The molecule has 0 radical (unpaired) electrons. The molecule has 0 N–H and O–H groups in total. The average molecular weight is 406 g/mol. The monoisotopic (exact) mass is 405 g/mol. The molecule has 152 valence electrons. The Morgan fingerprint density at radius 1 is 1.32 bits per heavy atom. The number of hydrogen-bond donors (Lipinski definition) is 0. The van der Waals surface area contributed by atoms with Crippen LogP contribution in [0.15, 0.2) is 11.1 Å². The summed E-state index contributed by atoms with van der Waals surface area (Å²) in [5.41, 5.74) is 0.278. The molecule has 0 unspecified atom stereocenters. The van der Waals surface area contributed by atoms with Gasteiger partial charge in [-0.05, 0) is 37.2 Å². The van der Waals surface area contributed by atoms with E-state index in [1.807, 2.05) is 18.7 Å². The number of aromatic nitrogens is 2. The van der Waals surface area contributed by atoms with Crippen molar-refractivity contribution in [2.45, 2.75) is 47.1 Å². The van der Waals surface area contributed by atoms with E-state index in [9.17, 15) is 14.4 Å². The van der Waals surface area contributed by atoms with Gasteiger partial charge in [0, 0.05) is 13.1 Å². The maximum atomic E-state index is 12.9. The molecule has 3 heterocycles. The average Bonchev–Trinajstić information content (AvgIpc) is 3.00. The molecule has 0 bridgehead atoms. The van der Waals surface area contributed by atoms with Gasteiger partial charge in [-0.3, -0.25) is 14.2 Å². The highest BCUT2D eigenvalue weighted by molar-refractivity contribution is 7.20. The normalized spacial score (nSPS) is 15.4. The Morgan fingerprint density at radius 2 is 2.00 bits per heavy atom. The van der Waals surface area contributed by atoms with Crippen LogP contribution in [-0.4, -0.2) is 46.0 Å². The van der Waals surface area contributed by atoms with E-state index in [-0.39, 0.29) is 23.9 Å². The third kappa shape index (κ3) is 4.27. The second kappa shape index (κ2) is 8.43. The van der Waals surface area contributed by atoms with Crippen LogP contribution < -0.4 is 5.56 Å². The summed E-state index contributed by atoms with van der Waals surface area (Å²) in [7, 11) is 0. The lowest BCUT2D eigenvalue weighted by Gasteiger charge is -2.30. The largest absolute Gasteiger partial charge is 0.461 e. The minimum absolute atomic E-state index is 0.0292. The van der Waals surface area contributed by atoms with Crippen LogP contribution in [0.4, 0.5) is 0 Å². The van der Waals surface area contributed by atoms with Crippen molar-refractivity contribution in [3.63, 3.8) is 0 Å². The lowest BCUT2D eigenvalue weighted by Crippen LogP contribution is -2.41. The third-order valence-corrected chi connectivity index (χ3v) is 6.27. The fourth-order valence-corrected chi connectivity index (χ4v) is 4.31. The predicted octanol–water partition coefficient (Wildman–Crippen LogP) is 2.84. The quantitative estimate of drug-likeness (QED) is 0.715. The van der Waals surface area contributed by atoms with Gasteiger partial charge in [0.25, 0.3) is 5.56 Å². The van der Waals surface area contributed by atoms with Gasteiger partial charge in [0.15, 0.2) is 0 Å². The number of aryl methyl sites for hydroxylation is 1. The van der Waals surface area contributed by atoms with Gasteiger partial charge in [0.1, 0.15) is 16.3 Å². The van der Waals surface area contributed by atoms with Gasteiger partial charge >= 0.3 is 5.97 Å². The Balaban J connectivity index is 1.83. The minimum Gasteiger partial charge on any atom is -0.461 e. The molecule has 0 spiro atoms. The van der Waals surface area contributed by atoms with Gasteiger partial charge in [-0.15, -0.1) is 11.3 Å². The summed E-state index contributed by atoms with van der Waals surface area (Å²) in [6.07, 6.45) is 3.38. The van der Waals surface area contributed by atoms with Crippen LogP contribution in [0.5, 0.6) is 0 Å². The predicted molar refractivity (Wildman–Crippen MR) is 109 cm³/mol. The minimum atomic E-state index is -0.432. The zero-order valence-electron chi connectivity index (χ0n) is 16.9. The van der Waals surface area contributed by atoms with E-state index >= 15 is 0 Å². The molecule has 1 aliphatic heterocycles. The number of ether oxygens (including phenoxy) is 1. The summed E-state index contributed by atoms with van der Waals surface area (Å²) in [4.78, 5) is 44.9. The number of carbonyl (C=O) groups excluding carboxylic acids is 2. The lowest BCUT2D eigenvalue weighted by atomic mass is 9.99. The van der Waals surface area contributed by atoms with E-state index in [2.05, 4.69) is 11.9 Å². The van der Waals surface area contributed by atoms with Gasteiger partial charge in [0.05, 0.1) is 18.3 Å². The Labute approximate surface area is 168 Å². The van der Waals surface area contributed by atoms with Crippen molar-refractivity contribution < 1.29 is 14.3 Å². The molecule has 1 aliphatic rings. The fraction of sp³-hybridized carbons (Fsp3) is 0.600. The Kier molecular flexibility index (Phi) is 6.17. The van der Waals surface area contributed by atoms with Crippen molar-refractivity contribution in [2.75, 3.05) is 19.7 Å². The highest BCUT2D eigenvalue weighted by Crippen LogP contribution is 2.27. The first-order chi connectivity index (χ1) is 13.3. The molecule has 0 aromatic carbocycles. The number of amides is 1. The van der Waals surface area contributed by atoms with Crippen LogP contribution in [0, 0.1) is 18.8 Å². The molecule has 0 atom stereocenters. The van der Waals surface area contributed by atoms with Crippen molar-refractivity contribution in [3.05, 3.63) is 27.1 Å². The number of likely N-dealkylation sites (tertiary alicyclic amines) is 1. The van der Waals surface area contributed by atoms with Gasteiger partial charge < -0.3 is 9.64 Å². The molecular weight excluding hydrogens is 378 g/mol. The van der Waals surface area contributed by atoms with Crippen molar-refractivity contribution in [1.29, 1.82) is 0 Å². The Morgan fingerprint density at radius 3 is 2.64 bits per heavy atom. The van der Waals surface area contributed by atoms with Crippen molar-refractivity contribution >= 4 is 33.4 Å². The first kappa shape index (κ1) is 20.5. The smallest absolute Gasteiger partial charge is 0.348 e. The molecular formula is C20H27N3O4S. The first-order valence-electron chi connectivity index (χ1n) is 9.71. The van der Waals surface area contributed by atoms with Crippen LogP contribution in [0.25, 0.3) is 10.2 Å². The molecule has 1 saturated heterocycles. The van der Waals surface area contributed by atoms with E-state index in [4.69, 9.17) is 4.74 Å². The third-order valence-electron chi connectivity index (χ3n) is 5.09. The van der Waals surface area contributed by atoms with Crippen LogP contribution in [0.2, 0.25) is 0 Å². The zero-order valence-corrected chi connectivity index (χ0v) is 17.7. The number of hydrogen-bond acceptors (Lipinski definition) is 6. The Bertz CT molecular complexity index is 939. The highest BCUT2D eigenvalue weighted by Gasteiger charge is 2.23. The number of nitrogens with zero attached hydrogens (tertiary/aromatic N) is 3. The maximum absolute atomic E-state index is 12.9. The summed E-state index contributed by atoms with van der Waals surface area (Å²) in [6, 6.07) is 0. The summed E-state index contributed by atoms with van der Waals surface area (Å²) in [6.45, 7) is 9.60. The molecule has 1 amide bonds. The number of thiophene rings is 1. The number of carbonyl (C=O) groups is 2. The summed E-state index contributed by atoms with van der Waals surface area (Å²) < 4.78 is 6.64. The SMILES string of the molecule is Cc1c(C(=O)OCC(C)C)sc2ncn(CC(=O)N3CCC(C)CC3)c(=O)c12. The van der Waals surface area contributed by atoms with E-state index in [0.29, 0.717) is 33.2 Å².